The molecule has 0 fully saturated rings. The van der Waals surface area contributed by atoms with Gasteiger partial charge in [0.1, 0.15) is 0 Å². The zero-order valence-corrected chi connectivity index (χ0v) is 10.9. The van der Waals surface area contributed by atoms with Crippen molar-refractivity contribution in [1.29, 1.82) is 0 Å². The van der Waals surface area contributed by atoms with Crippen molar-refractivity contribution in [2.24, 2.45) is 0 Å². The minimum atomic E-state index is 1.12. The Kier molecular flexibility index (Phi) is 2.54. The molecule has 0 N–H and O–H groups in total. The van der Waals surface area contributed by atoms with Crippen LogP contribution >= 0.6 is 27.3 Å². The smallest absolute Gasteiger partial charge is 0.0348 e. The van der Waals surface area contributed by atoms with Gasteiger partial charge in [0.15, 0.2) is 0 Å². The van der Waals surface area contributed by atoms with Gasteiger partial charge in [-0.2, -0.15) is 0 Å². The first-order valence-electron chi connectivity index (χ1n) is 5.06. The molecule has 0 spiro atoms. The summed E-state index contributed by atoms with van der Waals surface area (Å²) in [6.07, 6.45) is 0. The standard InChI is InChI=1S/C14H9BrS/c15-13-3-1-2-11(8-13)12-5-4-10-6-7-16-14(10)9-12/h1-9H. The number of hydrogen-bond acceptors (Lipinski definition) is 1. The summed E-state index contributed by atoms with van der Waals surface area (Å²) in [6, 6.07) is 17.2. The van der Waals surface area contributed by atoms with Gasteiger partial charge < -0.3 is 0 Å². The molecule has 2 aromatic carbocycles. The van der Waals surface area contributed by atoms with Crippen LogP contribution in [0.25, 0.3) is 21.2 Å². The third-order valence-electron chi connectivity index (χ3n) is 2.61. The third kappa shape index (κ3) is 1.79. The van der Waals surface area contributed by atoms with E-state index in [2.05, 4.69) is 63.8 Å². The van der Waals surface area contributed by atoms with Crippen LogP contribution in [0.3, 0.4) is 0 Å². The zero-order valence-electron chi connectivity index (χ0n) is 8.48. The average molecular weight is 289 g/mol. The summed E-state index contributed by atoms with van der Waals surface area (Å²) in [5, 5.41) is 3.46. The van der Waals surface area contributed by atoms with E-state index < -0.39 is 0 Å². The van der Waals surface area contributed by atoms with Gasteiger partial charge in [0, 0.05) is 9.17 Å². The number of hydrogen-bond donors (Lipinski definition) is 0. The van der Waals surface area contributed by atoms with Crippen LogP contribution in [0.1, 0.15) is 0 Å². The summed E-state index contributed by atoms with van der Waals surface area (Å²) in [6.45, 7) is 0. The summed E-state index contributed by atoms with van der Waals surface area (Å²) < 4.78 is 2.47. The topological polar surface area (TPSA) is 0 Å². The van der Waals surface area contributed by atoms with Gasteiger partial charge in [-0.25, -0.2) is 0 Å². The van der Waals surface area contributed by atoms with Crippen molar-refractivity contribution < 1.29 is 0 Å². The van der Waals surface area contributed by atoms with E-state index in [9.17, 15) is 0 Å². The number of halogens is 1. The zero-order chi connectivity index (χ0) is 11.0. The summed E-state index contributed by atoms with van der Waals surface area (Å²) in [7, 11) is 0. The molecule has 3 aromatic rings. The molecular weight excluding hydrogens is 280 g/mol. The van der Waals surface area contributed by atoms with E-state index in [1.807, 2.05) is 6.07 Å². The second-order valence-electron chi connectivity index (χ2n) is 3.68. The number of benzene rings is 2. The maximum Gasteiger partial charge on any atom is 0.0348 e. The second kappa shape index (κ2) is 4.04. The van der Waals surface area contributed by atoms with E-state index in [4.69, 9.17) is 0 Å². The van der Waals surface area contributed by atoms with Crippen LogP contribution in [-0.2, 0) is 0 Å². The molecule has 1 heterocycles. The molecule has 0 radical (unpaired) electrons. The van der Waals surface area contributed by atoms with Crippen LogP contribution in [0.15, 0.2) is 58.4 Å². The maximum atomic E-state index is 3.50. The monoisotopic (exact) mass is 288 g/mol. The normalized spacial score (nSPS) is 10.8. The van der Waals surface area contributed by atoms with E-state index in [1.54, 1.807) is 11.3 Å². The molecule has 0 nitrogen and oxygen atoms in total. The van der Waals surface area contributed by atoms with E-state index >= 15 is 0 Å². The minimum Gasteiger partial charge on any atom is -0.144 e. The van der Waals surface area contributed by atoms with Gasteiger partial charge in [0.25, 0.3) is 0 Å². The fourth-order valence-corrected chi connectivity index (χ4v) is 3.03. The lowest BCUT2D eigenvalue weighted by Crippen LogP contribution is -1.76. The van der Waals surface area contributed by atoms with E-state index in [-0.39, 0.29) is 0 Å². The molecule has 2 heteroatoms. The summed E-state index contributed by atoms with van der Waals surface area (Å²) in [5.41, 5.74) is 2.53. The van der Waals surface area contributed by atoms with Gasteiger partial charge in [-0.1, -0.05) is 40.2 Å². The van der Waals surface area contributed by atoms with Crippen molar-refractivity contribution >= 4 is 37.4 Å². The summed E-state index contributed by atoms with van der Waals surface area (Å²) >= 11 is 5.29. The predicted octanol–water partition coefficient (Wildman–Crippen LogP) is 5.33. The molecule has 0 unspecified atom stereocenters. The second-order valence-corrected chi connectivity index (χ2v) is 5.55. The van der Waals surface area contributed by atoms with Crippen molar-refractivity contribution in [3.05, 3.63) is 58.4 Å². The highest BCUT2D eigenvalue weighted by Gasteiger charge is 2.00. The van der Waals surface area contributed by atoms with E-state index in [1.165, 1.54) is 21.2 Å². The Morgan fingerprint density at radius 1 is 0.875 bits per heavy atom. The lowest BCUT2D eigenvalue weighted by Gasteiger charge is -2.02. The fourth-order valence-electron chi connectivity index (χ4n) is 1.80. The third-order valence-corrected chi connectivity index (χ3v) is 3.99. The highest BCUT2D eigenvalue weighted by molar-refractivity contribution is 9.10. The molecule has 0 amide bonds. The van der Waals surface area contributed by atoms with Crippen LogP contribution in [0, 0.1) is 0 Å². The van der Waals surface area contributed by atoms with Gasteiger partial charge in [0.2, 0.25) is 0 Å². The Balaban J connectivity index is 2.18. The largest absolute Gasteiger partial charge is 0.144 e. The summed E-state index contributed by atoms with van der Waals surface area (Å²) in [5.74, 6) is 0. The Morgan fingerprint density at radius 2 is 1.75 bits per heavy atom. The molecule has 0 bridgehead atoms. The Labute approximate surface area is 107 Å². The van der Waals surface area contributed by atoms with Gasteiger partial charge in [0.05, 0.1) is 0 Å². The van der Waals surface area contributed by atoms with Gasteiger partial charge in [-0.15, -0.1) is 11.3 Å². The Hall–Kier alpha value is -1.12. The molecule has 0 aliphatic heterocycles. The number of thiophene rings is 1. The van der Waals surface area contributed by atoms with Crippen molar-refractivity contribution in [3.63, 3.8) is 0 Å². The first kappa shape index (κ1) is 10.1. The highest BCUT2D eigenvalue weighted by atomic mass is 79.9. The molecule has 3 rings (SSSR count). The van der Waals surface area contributed by atoms with Crippen molar-refractivity contribution in [2.45, 2.75) is 0 Å². The van der Waals surface area contributed by atoms with Crippen LogP contribution in [0.2, 0.25) is 0 Å². The van der Waals surface area contributed by atoms with Crippen molar-refractivity contribution in [2.75, 3.05) is 0 Å². The molecule has 78 valence electrons. The lowest BCUT2D eigenvalue weighted by atomic mass is 10.1. The molecule has 0 atom stereocenters. The molecular formula is C14H9BrS. The van der Waals surface area contributed by atoms with Crippen molar-refractivity contribution in [1.82, 2.24) is 0 Å². The molecule has 0 saturated carbocycles. The number of rotatable bonds is 1. The van der Waals surface area contributed by atoms with E-state index in [0.29, 0.717) is 0 Å². The molecule has 0 aliphatic carbocycles. The predicted molar refractivity (Wildman–Crippen MR) is 75.0 cm³/mol. The molecule has 1 aromatic heterocycles. The average Bonchev–Trinajstić information content (AvgIpc) is 2.75. The maximum absolute atomic E-state index is 3.50. The van der Waals surface area contributed by atoms with Gasteiger partial charge in [-0.3, -0.25) is 0 Å². The molecule has 0 saturated heterocycles. The number of fused-ring (bicyclic) bond motifs is 1. The Morgan fingerprint density at radius 3 is 2.62 bits per heavy atom. The Bertz CT molecular complexity index is 640. The van der Waals surface area contributed by atoms with Gasteiger partial charge >= 0.3 is 0 Å². The SMILES string of the molecule is Brc1cccc(-c2ccc3ccsc3c2)c1. The molecule has 0 aliphatic rings. The van der Waals surface area contributed by atoms with Crippen molar-refractivity contribution in [3.8, 4) is 11.1 Å². The quantitative estimate of drug-likeness (QED) is 0.568. The minimum absolute atomic E-state index is 1.12. The van der Waals surface area contributed by atoms with Crippen LogP contribution in [0.5, 0.6) is 0 Å². The van der Waals surface area contributed by atoms with E-state index in [0.717, 1.165) is 4.47 Å². The van der Waals surface area contributed by atoms with Crippen LogP contribution in [0.4, 0.5) is 0 Å². The summed E-state index contributed by atoms with van der Waals surface area (Å²) in [4.78, 5) is 0. The molecule has 16 heavy (non-hydrogen) atoms. The first-order valence-corrected chi connectivity index (χ1v) is 6.73. The first-order chi connectivity index (χ1) is 7.83. The highest BCUT2D eigenvalue weighted by Crippen LogP contribution is 2.28. The van der Waals surface area contributed by atoms with Gasteiger partial charge in [-0.05, 0) is 46.2 Å². The fraction of sp³-hybridized carbons (Fsp3) is 0. The lowest BCUT2D eigenvalue weighted by molar-refractivity contribution is 1.62. The van der Waals surface area contributed by atoms with Crippen LogP contribution < -0.4 is 0 Å². The van der Waals surface area contributed by atoms with Crippen LogP contribution in [-0.4, -0.2) is 0 Å².